The summed E-state index contributed by atoms with van der Waals surface area (Å²) in [4.78, 5) is 13.6. The molecule has 0 aliphatic rings. The molecule has 6 nitrogen and oxygen atoms in total. The molecule has 0 atom stereocenters. The first-order valence-corrected chi connectivity index (χ1v) is 14.8. The van der Waals surface area contributed by atoms with Crippen molar-refractivity contribution in [2.45, 2.75) is 0 Å². The quantitative estimate of drug-likeness (QED) is 0.186. The predicted molar refractivity (Wildman–Crippen MR) is 207 cm³/mol. The van der Waals surface area contributed by atoms with E-state index in [0.29, 0.717) is 0 Å². The molecule has 0 radical (unpaired) electrons. The molecule has 11 rings (SSSR count). The fourth-order valence-electron chi connectivity index (χ4n) is 6.13. The van der Waals surface area contributed by atoms with Crippen LogP contribution in [0, 0.1) is 0 Å². The van der Waals surface area contributed by atoms with Crippen LogP contribution in [-0.4, -0.2) is 24.1 Å². The van der Waals surface area contributed by atoms with Crippen LogP contribution in [0.25, 0.3) is 100.0 Å². The molecule has 11 aromatic rings. The number of fused-ring (bicyclic) bond motifs is 10. The summed E-state index contributed by atoms with van der Waals surface area (Å²) in [5.74, 6) is -2.64. The average Bonchev–Trinajstić information content (AvgIpc) is 4.31. The van der Waals surface area contributed by atoms with Crippen LogP contribution in [-0.2, 0) is 0 Å². The van der Waals surface area contributed by atoms with Crippen LogP contribution >= 0.6 is 0 Å². The largest absolute Gasteiger partial charge is 0.455 e. The second kappa shape index (κ2) is 10.7. The van der Waals surface area contributed by atoms with Crippen LogP contribution in [0.5, 0.6) is 0 Å². The average molecular weight is 681 g/mol. The molecule has 6 heteroatoms. The maximum atomic E-state index is 9.66. The number of nitrogens with zero attached hydrogens (tertiary/aromatic N) is 5. The SMILES string of the molecule is [2H]c1c([2H])c([2H])c(-c2nc(-c3c([2H])c([2H])c([2H])c4c3oc3c([2H])c([2H])c([2H])c([2H])c34)nc(-n3c4c([2H])c([2H])c([2H])c([2H])c4c4c([2H])c([2H])c5c6c([2H])c([2H])c([2H])c([2H])c6n(-c6c([2H])c([2H])c([2H])c([2H])c6[2H])c5c43)n2)c([2H])c1[2H]. The summed E-state index contributed by atoms with van der Waals surface area (Å²) < 4.78 is 249. The number of rotatable bonds is 4. The van der Waals surface area contributed by atoms with Crippen molar-refractivity contribution in [3.05, 3.63) is 163 Å². The van der Waals surface area contributed by atoms with Gasteiger partial charge in [0.25, 0.3) is 0 Å². The Kier molecular flexibility index (Phi) is 2.60. The lowest BCUT2D eigenvalue weighted by Crippen LogP contribution is -2.07. The van der Waals surface area contributed by atoms with Gasteiger partial charge >= 0.3 is 0 Å². The summed E-state index contributed by atoms with van der Waals surface area (Å²) in [6, 6.07) is -23.9. The Morgan fingerprint density at radius 2 is 1.00 bits per heavy atom. The van der Waals surface area contributed by atoms with Crippen molar-refractivity contribution in [3.63, 3.8) is 0 Å². The summed E-state index contributed by atoms with van der Waals surface area (Å²) >= 11 is 0. The fraction of sp³-hybridized carbons (Fsp3) is 0. The number of benzene rings is 7. The molecular weight excluding hydrogens is 627 g/mol. The van der Waals surface area contributed by atoms with Gasteiger partial charge in [0.1, 0.15) is 11.2 Å². The van der Waals surface area contributed by atoms with Gasteiger partial charge in [0, 0.05) is 43.6 Å². The van der Waals surface area contributed by atoms with Crippen LogP contribution < -0.4 is 0 Å². The minimum Gasteiger partial charge on any atom is -0.455 e. The van der Waals surface area contributed by atoms with Crippen molar-refractivity contribution < 1.29 is 41.4 Å². The van der Waals surface area contributed by atoms with Gasteiger partial charge in [-0.25, -0.2) is 4.98 Å². The third-order valence-corrected chi connectivity index (χ3v) is 8.16. The van der Waals surface area contributed by atoms with Crippen LogP contribution in [0.1, 0.15) is 37.0 Å². The minimum absolute atomic E-state index is 0.416. The molecule has 0 saturated carbocycles. The Bertz CT molecular complexity index is 4660. The summed E-state index contributed by atoms with van der Waals surface area (Å²) in [6.07, 6.45) is 0. The van der Waals surface area contributed by atoms with Gasteiger partial charge in [0.2, 0.25) is 5.95 Å². The first kappa shape index (κ1) is 12.4. The summed E-state index contributed by atoms with van der Waals surface area (Å²) in [5.41, 5.74) is -5.95. The van der Waals surface area contributed by atoms with Crippen molar-refractivity contribution in [1.82, 2.24) is 24.1 Å². The Balaban J connectivity index is 1.48. The molecule has 4 aromatic heterocycles. The van der Waals surface area contributed by atoms with E-state index in [2.05, 4.69) is 15.0 Å². The molecule has 4 heterocycles. The summed E-state index contributed by atoms with van der Waals surface area (Å²) in [6.45, 7) is 0. The van der Waals surface area contributed by atoms with E-state index in [1.165, 1.54) is 0 Å². The molecule has 0 aliphatic carbocycles. The minimum atomic E-state index is -0.969. The van der Waals surface area contributed by atoms with Gasteiger partial charge < -0.3 is 8.98 Å². The fourth-order valence-corrected chi connectivity index (χ4v) is 6.13. The van der Waals surface area contributed by atoms with Crippen LogP contribution in [0.4, 0.5) is 0 Å². The highest BCUT2D eigenvalue weighted by Gasteiger charge is 2.24. The first-order valence-electron chi connectivity index (χ1n) is 28.3. The molecule has 238 valence electrons. The standard InChI is InChI=1S/C45H27N5O/c1-3-14-28(15-4-1)43-46-44(36-22-13-21-35-32-20-9-12-25-39(32)51-42(35)36)48-45(47-43)50-38-24-11-8-19-31(38)34-27-26-33-30-18-7-10-23-37(30)49(40(33)41(34)50)29-16-5-2-6-17-29/h1-27H/i1D,2D,3D,4D,5D,6D,7D,8D,9D,10D,11D,12D,13D,14D,15D,16D,17D,18D,19D,20D,21D,22D,23D,24D,25D,26D,27D. The van der Waals surface area contributed by atoms with E-state index in [4.69, 9.17) is 29.1 Å². The van der Waals surface area contributed by atoms with Gasteiger partial charge in [-0.2, -0.15) is 9.97 Å². The zero-order valence-electron chi connectivity index (χ0n) is 52.1. The molecule has 0 saturated heterocycles. The molecule has 0 N–H and O–H groups in total. The van der Waals surface area contributed by atoms with Crippen molar-refractivity contribution >= 4 is 65.6 Å². The Morgan fingerprint density at radius 1 is 0.431 bits per heavy atom. The van der Waals surface area contributed by atoms with Gasteiger partial charge in [-0.15, -0.1) is 0 Å². The number of aromatic nitrogens is 5. The molecule has 0 spiro atoms. The number of hydrogen-bond donors (Lipinski definition) is 0. The molecule has 0 bridgehead atoms. The zero-order chi connectivity index (χ0) is 57.0. The van der Waals surface area contributed by atoms with Crippen LogP contribution in [0.3, 0.4) is 0 Å². The second-order valence-electron chi connectivity index (χ2n) is 10.8. The third-order valence-electron chi connectivity index (χ3n) is 8.16. The number of para-hydroxylation sites is 5. The van der Waals surface area contributed by atoms with E-state index in [1.54, 1.807) is 0 Å². The van der Waals surface area contributed by atoms with E-state index in [9.17, 15) is 12.3 Å². The lowest BCUT2D eigenvalue weighted by atomic mass is 10.1. The molecule has 0 amide bonds. The smallest absolute Gasteiger partial charge is 0.238 e. The monoisotopic (exact) mass is 680 g/mol. The highest BCUT2D eigenvalue weighted by molar-refractivity contribution is 6.23. The normalized spacial score (nSPS) is 19.3. The maximum absolute atomic E-state index is 9.66. The zero-order valence-corrected chi connectivity index (χ0v) is 25.1. The Morgan fingerprint density at radius 3 is 1.75 bits per heavy atom. The Labute approximate surface area is 329 Å². The molecule has 0 unspecified atom stereocenters. The third kappa shape index (κ3) is 4.07. The maximum Gasteiger partial charge on any atom is 0.238 e. The van der Waals surface area contributed by atoms with E-state index in [1.807, 2.05) is 0 Å². The van der Waals surface area contributed by atoms with Gasteiger partial charge in [-0.1, -0.05) is 127 Å². The molecular formula is C45H27N5O. The second-order valence-corrected chi connectivity index (χ2v) is 10.8. The van der Waals surface area contributed by atoms with E-state index >= 15 is 0 Å². The summed E-state index contributed by atoms with van der Waals surface area (Å²) in [5, 5.41) is -3.14. The van der Waals surface area contributed by atoms with Crippen LogP contribution in [0.15, 0.2) is 168 Å². The van der Waals surface area contributed by atoms with Gasteiger partial charge in [0.15, 0.2) is 11.6 Å². The number of furan rings is 1. The highest BCUT2D eigenvalue weighted by atomic mass is 16.3. The van der Waals surface area contributed by atoms with Gasteiger partial charge in [-0.3, -0.25) is 4.57 Å². The molecule has 51 heavy (non-hydrogen) atoms. The van der Waals surface area contributed by atoms with Gasteiger partial charge in [-0.05, 0) is 36.3 Å². The van der Waals surface area contributed by atoms with E-state index in [-0.39, 0.29) is 0 Å². The molecule has 7 aromatic carbocycles. The Hall–Kier alpha value is -7.05. The highest BCUT2D eigenvalue weighted by Crippen LogP contribution is 2.42. The van der Waals surface area contributed by atoms with Crippen molar-refractivity contribution in [1.29, 1.82) is 0 Å². The van der Waals surface area contributed by atoms with Crippen molar-refractivity contribution in [3.8, 4) is 34.4 Å². The van der Waals surface area contributed by atoms with Crippen molar-refractivity contribution in [2.75, 3.05) is 0 Å². The predicted octanol–water partition coefficient (Wildman–Crippen LogP) is 11.3. The number of hydrogen-bond acceptors (Lipinski definition) is 4. The van der Waals surface area contributed by atoms with E-state index in [0.717, 1.165) is 9.13 Å². The molecule has 0 fully saturated rings. The van der Waals surface area contributed by atoms with Gasteiger partial charge in [0.05, 0.1) is 64.6 Å². The van der Waals surface area contributed by atoms with Crippen molar-refractivity contribution in [2.24, 2.45) is 0 Å². The van der Waals surface area contributed by atoms with Crippen LogP contribution in [0.2, 0.25) is 0 Å². The summed E-state index contributed by atoms with van der Waals surface area (Å²) in [7, 11) is 0. The van der Waals surface area contributed by atoms with E-state index < -0.39 is 263 Å². The lowest BCUT2D eigenvalue weighted by molar-refractivity contribution is 0.669. The first-order chi connectivity index (χ1) is 36.5. The topological polar surface area (TPSA) is 61.7 Å². The molecule has 0 aliphatic heterocycles. The lowest BCUT2D eigenvalue weighted by Gasteiger charge is -2.13.